The van der Waals surface area contributed by atoms with Crippen molar-refractivity contribution in [3.63, 3.8) is 0 Å². The van der Waals surface area contributed by atoms with Crippen LogP contribution in [0, 0.1) is 12.7 Å². The fraction of sp³-hybridized carbons (Fsp3) is 0.235. The molecule has 0 saturated carbocycles. The van der Waals surface area contributed by atoms with Crippen molar-refractivity contribution in [1.29, 1.82) is 0 Å². The number of hydrogen-bond donors (Lipinski definition) is 1. The maximum atomic E-state index is 12.9. The summed E-state index contributed by atoms with van der Waals surface area (Å²) in [6.45, 7) is 3.78. The van der Waals surface area contributed by atoms with E-state index in [4.69, 9.17) is 4.52 Å². The second kappa shape index (κ2) is 6.92. The standard InChI is InChI=1S/C17H16FN3O2S/c1-10-3-8-14(24-10)9-15(22)19-11(2)17-20-16(21-23-17)12-4-6-13(18)7-5-12/h3-8,11H,9H2,1-2H3,(H,19,22)/t11-/m1/s1. The van der Waals surface area contributed by atoms with Crippen molar-refractivity contribution in [2.45, 2.75) is 26.3 Å². The Morgan fingerprint density at radius 1 is 1.29 bits per heavy atom. The molecule has 0 aliphatic carbocycles. The van der Waals surface area contributed by atoms with Crippen LogP contribution in [0.2, 0.25) is 0 Å². The molecule has 0 radical (unpaired) electrons. The highest BCUT2D eigenvalue weighted by atomic mass is 32.1. The molecule has 7 heteroatoms. The van der Waals surface area contributed by atoms with E-state index in [0.717, 1.165) is 4.88 Å². The lowest BCUT2D eigenvalue weighted by molar-refractivity contribution is -0.121. The maximum Gasteiger partial charge on any atom is 0.249 e. The summed E-state index contributed by atoms with van der Waals surface area (Å²) in [7, 11) is 0. The van der Waals surface area contributed by atoms with Gasteiger partial charge in [0.1, 0.15) is 11.9 Å². The third kappa shape index (κ3) is 3.86. The van der Waals surface area contributed by atoms with Crippen molar-refractivity contribution in [1.82, 2.24) is 15.5 Å². The Kier molecular flexibility index (Phi) is 4.71. The molecule has 0 aliphatic heterocycles. The summed E-state index contributed by atoms with van der Waals surface area (Å²) in [5, 5.41) is 6.71. The van der Waals surface area contributed by atoms with Crippen LogP contribution in [-0.4, -0.2) is 16.0 Å². The van der Waals surface area contributed by atoms with Gasteiger partial charge in [-0.15, -0.1) is 11.3 Å². The Labute approximate surface area is 142 Å². The van der Waals surface area contributed by atoms with Crippen LogP contribution in [0.3, 0.4) is 0 Å². The van der Waals surface area contributed by atoms with E-state index in [0.29, 0.717) is 23.7 Å². The monoisotopic (exact) mass is 345 g/mol. The van der Waals surface area contributed by atoms with E-state index < -0.39 is 6.04 Å². The number of benzene rings is 1. The lowest BCUT2D eigenvalue weighted by atomic mass is 10.2. The van der Waals surface area contributed by atoms with Crippen molar-refractivity contribution < 1.29 is 13.7 Å². The fourth-order valence-corrected chi connectivity index (χ4v) is 3.11. The molecule has 0 unspecified atom stereocenters. The van der Waals surface area contributed by atoms with Gasteiger partial charge in [-0.1, -0.05) is 5.16 Å². The first-order valence-electron chi connectivity index (χ1n) is 7.45. The number of rotatable bonds is 5. The third-order valence-electron chi connectivity index (χ3n) is 3.42. The summed E-state index contributed by atoms with van der Waals surface area (Å²) in [4.78, 5) is 18.5. The van der Waals surface area contributed by atoms with E-state index in [1.165, 1.54) is 17.0 Å². The van der Waals surface area contributed by atoms with Crippen LogP contribution >= 0.6 is 11.3 Å². The zero-order chi connectivity index (χ0) is 17.1. The van der Waals surface area contributed by atoms with Crippen LogP contribution in [-0.2, 0) is 11.2 Å². The van der Waals surface area contributed by atoms with Gasteiger partial charge in [0.25, 0.3) is 0 Å². The van der Waals surface area contributed by atoms with E-state index in [9.17, 15) is 9.18 Å². The highest BCUT2D eigenvalue weighted by molar-refractivity contribution is 7.12. The number of nitrogens with zero attached hydrogens (tertiary/aromatic N) is 2. The lowest BCUT2D eigenvalue weighted by Gasteiger charge is -2.08. The Hall–Kier alpha value is -2.54. The molecule has 124 valence electrons. The molecule has 1 atom stereocenters. The number of nitrogens with one attached hydrogen (secondary N) is 1. The Balaban J connectivity index is 1.64. The SMILES string of the molecule is Cc1ccc(CC(=O)N[C@H](C)c2nc(-c3ccc(F)cc3)no2)s1. The molecule has 0 aliphatic rings. The van der Waals surface area contributed by atoms with Crippen LogP contribution < -0.4 is 5.32 Å². The van der Waals surface area contributed by atoms with Gasteiger partial charge in [0.2, 0.25) is 17.6 Å². The number of carbonyl (C=O) groups is 1. The summed E-state index contributed by atoms with van der Waals surface area (Å²) < 4.78 is 18.1. The van der Waals surface area contributed by atoms with Crippen LogP contribution in [0.5, 0.6) is 0 Å². The molecule has 3 aromatic rings. The molecule has 1 amide bonds. The largest absolute Gasteiger partial charge is 0.344 e. The van der Waals surface area contributed by atoms with Crippen molar-refractivity contribution in [3.05, 3.63) is 57.9 Å². The quantitative estimate of drug-likeness (QED) is 0.766. The van der Waals surface area contributed by atoms with E-state index in [2.05, 4.69) is 15.5 Å². The smallest absolute Gasteiger partial charge is 0.249 e. The second-order valence-corrected chi connectivity index (χ2v) is 6.81. The topological polar surface area (TPSA) is 68.0 Å². The van der Waals surface area contributed by atoms with Crippen LogP contribution in [0.1, 0.15) is 28.6 Å². The van der Waals surface area contributed by atoms with E-state index >= 15 is 0 Å². The van der Waals surface area contributed by atoms with Gasteiger partial charge in [0, 0.05) is 15.3 Å². The van der Waals surface area contributed by atoms with Crippen molar-refractivity contribution in [2.75, 3.05) is 0 Å². The summed E-state index contributed by atoms with van der Waals surface area (Å²) >= 11 is 1.60. The maximum absolute atomic E-state index is 12.9. The fourth-order valence-electron chi connectivity index (χ4n) is 2.22. The van der Waals surface area contributed by atoms with Gasteiger partial charge < -0.3 is 9.84 Å². The molecule has 3 rings (SSSR count). The van der Waals surface area contributed by atoms with Crippen LogP contribution in [0.25, 0.3) is 11.4 Å². The van der Waals surface area contributed by atoms with E-state index in [1.807, 2.05) is 19.1 Å². The highest BCUT2D eigenvalue weighted by Crippen LogP contribution is 2.20. The van der Waals surface area contributed by atoms with Gasteiger partial charge in [-0.2, -0.15) is 4.98 Å². The minimum atomic E-state index is -0.403. The molecule has 0 spiro atoms. The van der Waals surface area contributed by atoms with Crippen molar-refractivity contribution in [2.24, 2.45) is 0 Å². The molecule has 0 fully saturated rings. The molecular weight excluding hydrogens is 329 g/mol. The first kappa shape index (κ1) is 16.3. The van der Waals surface area contributed by atoms with Crippen molar-refractivity contribution in [3.8, 4) is 11.4 Å². The predicted octanol–water partition coefficient (Wildman–Crippen LogP) is 3.67. The van der Waals surface area contributed by atoms with E-state index in [1.54, 1.807) is 30.4 Å². The zero-order valence-electron chi connectivity index (χ0n) is 13.2. The minimum absolute atomic E-state index is 0.106. The molecule has 0 bridgehead atoms. The molecule has 2 heterocycles. The average Bonchev–Trinajstić information content (AvgIpc) is 3.17. The first-order valence-corrected chi connectivity index (χ1v) is 8.27. The van der Waals surface area contributed by atoms with E-state index in [-0.39, 0.29) is 11.7 Å². The second-order valence-electron chi connectivity index (χ2n) is 5.44. The first-order chi connectivity index (χ1) is 11.5. The summed E-state index contributed by atoms with van der Waals surface area (Å²) in [6, 6.07) is 9.35. The number of thiophene rings is 1. The number of aryl methyl sites for hydroxylation is 1. The summed E-state index contributed by atoms with van der Waals surface area (Å²) in [6.07, 6.45) is 0.321. The molecule has 1 aromatic carbocycles. The van der Waals surface area contributed by atoms with Gasteiger partial charge in [0.05, 0.1) is 6.42 Å². The number of halogens is 1. The average molecular weight is 345 g/mol. The predicted molar refractivity (Wildman–Crippen MR) is 89.0 cm³/mol. The lowest BCUT2D eigenvalue weighted by Crippen LogP contribution is -2.28. The molecule has 24 heavy (non-hydrogen) atoms. The molecular formula is C17H16FN3O2S. The van der Waals surface area contributed by atoms with Gasteiger partial charge in [-0.3, -0.25) is 4.79 Å². The van der Waals surface area contributed by atoms with Gasteiger partial charge in [-0.25, -0.2) is 4.39 Å². The zero-order valence-corrected chi connectivity index (χ0v) is 14.1. The Bertz CT molecular complexity index is 842. The normalized spacial score (nSPS) is 12.1. The number of amides is 1. The Morgan fingerprint density at radius 2 is 2.04 bits per heavy atom. The summed E-state index contributed by atoms with van der Waals surface area (Å²) in [5.74, 6) is 0.239. The molecule has 5 nitrogen and oxygen atoms in total. The molecule has 2 aromatic heterocycles. The van der Waals surface area contributed by atoms with Crippen molar-refractivity contribution >= 4 is 17.2 Å². The minimum Gasteiger partial charge on any atom is -0.344 e. The number of hydrogen-bond acceptors (Lipinski definition) is 5. The third-order valence-corrected chi connectivity index (χ3v) is 4.42. The van der Waals surface area contributed by atoms with Gasteiger partial charge >= 0.3 is 0 Å². The van der Waals surface area contributed by atoms with Gasteiger partial charge in [-0.05, 0) is 50.2 Å². The highest BCUT2D eigenvalue weighted by Gasteiger charge is 2.18. The van der Waals surface area contributed by atoms with Gasteiger partial charge in [0.15, 0.2) is 0 Å². The molecule has 1 N–H and O–H groups in total. The number of carbonyl (C=O) groups excluding carboxylic acids is 1. The summed E-state index contributed by atoms with van der Waals surface area (Å²) in [5.41, 5.74) is 0.652. The van der Waals surface area contributed by atoms with Crippen LogP contribution in [0.4, 0.5) is 4.39 Å². The Morgan fingerprint density at radius 3 is 2.71 bits per heavy atom. The number of aromatic nitrogens is 2. The van der Waals surface area contributed by atoms with Crippen LogP contribution in [0.15, 0.2) is 40.9 Å². The molecule has 0 saturated heterocycles.